The van der Waals surface area contributed by atoms with E-state index in [9.17, 15) is 4.79 Å². The molecule has 0 aromatic rings. The summed E-state index contributed by atoms with van der Waals surface area (Å²) in [5, 5.41) is 2.80. The van der Waals surface area contributed by atoms with Crippen LogP contribution in [0, 0.1) is 0 Å². The molecule has 0 saturated heterocycles. The van der Waals surface area contributed by atoms with Gasteiger partial charge in [0.15, 0.2) is 0 Å². The zero-order chi connectivity index (χ0) is 11.2. The molecule has 0 aromatic heterocycles. The zero-order valence-corrected chi connectivity index (χ0v) is 11.3. The van der Waals surface area contributed by atoms with Gasteiger partial charge in [0.25, 0.3) is 0 Å². The minimum Gasteiger partial charge on any atom is -0.444 e. The summed E-state index contributed by atoms with van der Waals surface area (Å²) in [6, 6.07) is 0.127. The summed E-state index contributed by atoms with van der Waals surface area (Å²) in [5.74, 6) is 0. The van der Waals surface area contributed by atoms with Crippen LogP contribution < -0.4 is 8.85 Å². The van der Waals surface area contributed by atoms with E-state index in [2.05, 4.69) is 31.7 Å². The van der Waals surface area contributed by atoms with Crippen molar-refractivity contribution in [3.8, 4) is 0 Å². The molecule has 0 radical (unpaired) electrons. The molecule has 0 saturated carbocycles. The summed E-state index contributed by atoms with van der Waals surface area (Å²) in [4.78, 5) is 11.3. The van der Waals surface area contributed by atoms with Crippen LogP contribution in [0.3, 0.4) is 0 Å². The van der Waals surface area contributed by atoms with Crippen molar-refractivity contribution < 1.29 is 9.53 Å². The largest absolute Gasteiger partial charge is 0.444 e. The molecule has 2 N–H and O–H groups in total. The highest BCUT2D eigenvalue weighted by Crippen LogP contribution is 2.07. The van der Waals surface area contributed by atoms with E-state index in [4.69, 9.17) is 4.74 Å². The van der Waals surface area contributed by atoms with Crippen molar-refractivity contribution in [2.75, 3.05) is 6.54 Å². The van der Waals surface area contributed by atoms with E-state index < -0.39 is 5.60 Å². The SMILES string of the molecule is CC[C@@H](CNI)NC(=O)OC(C)(C)C. The van der Waals surface area contributed by atoms with Crippen molar-refractivity contribution in [1.82, 2.24) is 8.85 Å². The Morgan fingerprint density at radius 2 is 2.07 bits per heavy atom. The maximum atomic E-state index is 11.3. The average Bonchev–Trinajstić information content (AvgIpc) is 2.00. The van der Waals surface area contributed by atoms with E-state index in [0.29, 0.717) is 0 Å². The van der Waals surface area contributed by atoms with E-state index >= 15 is 0 Å². The van der Waals surface area contributed by atoms with Crippen LogP contribution in [0.15, 0.2) is 0 Å². The third-order valence-corrected chi connectivity index (χ3v) is 1.98. The molecule has 0 aliphatic heterocycles. The summed E-state index contributed by atoms with van der Waals surface area (Å²) < 4.78 is 8.12. The maximum absolute atomic E-state index is 11.3. The molecule has 0 unspecified atom stereocenters. The van der Waals surface area contributed by atoms with E-state index in [1.165, 1.54) is 0 Å². The number of carbonyl (C=O) groups is 1. The second kappa shape index (κ2) is 6.44. The number of amides is 1. The molecule has 0 fully saturated rings. The molecule has 0 spiro atoms. The zero-order valence-electron chi connectivity index (χ0n) is 9.19. The van der Waals surface area contributed by atoms with Gasteiger partial charge in [0, 0.05) is 35.5 Å². The van der Waals surface area contributed by atoms with Gasteiger partial charge in [-0.05, 0) is 27.2 Å². The average molecular weight is 314 g/mol. The normalized spacial score (nSPS) is 13.5. The number of nitrogens with one attached hydrogen (secondary N) is 2. The molecule has 0 heterocycles. The first kappa shape index (κ1) is 14.0. The molecule has 0 bridgehead atoms. The van der Waals surface area contributed by atoms with Crippen LogP contribution in [0.5, 0.6) is 0 Å². The number of halogens is 1. The second-order valence-electron chi connectivity index (χ2n) is 4.09. The third kappa shape index (κ3) is 7.37. The van der Waals surface area contributed by atoms with Crippen molar-refractivity contribution >= 4 is 29.0 Å². The Morgan fingerprint density at radius 3 is 2.43 bits per heavy atom. The first-order valence-corrected chi connectivity index (χ1v) is 5.80. The fourth-order valence-electron chi connectivity index (χ4n) is 0.865. The third-order valence-electron chi connectivity index (χ3n) is 1.54. The van der Waals surface area contributed by atoms with Crippen LogP contribution in [-0.2, 0) is 4.74 Å². The van der Waals surface area contributed by atoms with E-state index in [1.807, 2.05) is 27.7 Å². The molecular weight excluding hydrogens is 295 g/mol. The lowest BCUT2D eigenvalue weighted by atomic mass is 10.2. The van der Waals surface area contributed by atoms with Gasteiger partial charge in [-0.3, -0.25) is 3.53 Å². The molecule has 0 aliphatic carbocycles. The first-order valence-electron chi connectivity index (χ1n) is 4.72. The Balaban J connectivity index is 3.91. The number of alkyl carbamates (subject to hydrolysis) is 1. The molecule has 1 atom stereocenters. The van der Waals surface area contributed by atoms with Crippen molar-refractivity contribution in [2.24, 2.45) is 0 Å². The quantitative estimate of drug-likeness (QED) is 0.618. The summed E-state index contributed by atoms with van der Waals surface area (Å²) in [6.07, 6.45) is 0.533. The predicted octanol–water partition coefficient (Wildman–Crippen LogP) is 2.23. The van der Waals surface area contributed by atoms with Crippen molar-refractivity contribution in [2.45, 2.75) is 45.8 Å². The van der Waals surface area contributed by atoms with Crippen LogP contribution >= 0.6 is 22.9 Å². The highest BCUT2D eigenvalue weighted by atomic mass is 127. The standard InChI is InChI=1S/C9H19IN2O2/c1-5-7(6-11-10)12-8(13)14-9(2,3)4/h7,11H,5-6H2,1-4H3,(H,12,13)/t7-/m0/s1. The van der Waals surface area contributed by atoms with Crippen LogP contribution in [0.4, 0.5) is 4.79 Å². The number of hydrogen-bond acceptors (Lipinski definition) is 3. The van der Waals surface area contributed by atoms with Gasteiger partial charge in [-0.2, -0.15) is 0 Å². The molecule has 5 heteroatoms. The van der Waals surface area contributed by atoms with Gasteiger partial charge in [0.1, 0.15) is 5.60 Å². The maximum Gasteiger partial charge on any atom is 0.407 e. The Hall–Kier alpha value is -0.0400. The van der Waals surface area contributed by atoms with Gasteiger partial charge in [-0.15, -0.1) is 0 Å². The van der Waals surface area contributed by atoms with Crippen LogP contribution in [0.1, 0.15) is 34.1 Å². The fourth-order valence-corrected chi connectivity index (χ4v) is 1.40. The molecule has 1 amide bonds. The number of hydrogen-bond donors (Lipinski definition) is 2. The molecule has 14 heavy (non-hydrogen) atoms. The number of ether oxygens (including phenoxy) is 1. The highest BCUT2D eigenvalue weighted by molar-refractivity contribution is 14.1. The van der Waals surface area contributed by atoms with Crippen molar-refractivity contribution in [1.29, 1.82) is 0 Å². The smallest absolute Gasteiger partial charge is 0.407 e. The lowest BCUT2D eigenvalue weighted by molar-refractivity contribution is 0.0504. The van der Waals surface area contributed by atoms with Crippen molar-refractivity contribution in [3.63, 3.8) is 0 Å². The van der Waals surface area contributed by atoms with Gasteiger partial charge in [-0.25, -0.2) is 4.79 Å². The number of carbonyl (C=O) groups excluding carboxylic acids is 1. The van der Waals surface area contributed by atoms with Crippen molar-refractivity contribution in [3.05, 3.63) is 0 Å². The predicted molar refractivity (Wildman–Crippen MR) is 65.5 cm³/mol. The van der Waals surface area contributed by atoms with Crippen LogP contribution in [0.25, 0.3) is 0 Å². The van der Waals surface area contributed by atoms with Crippen LogP contribution in [0.2, 0.25) is 0 Å². The summed E-state index contributed by atoms with van der Waals surface area (Å²) in [7, 11) is 0. The van der Waals surface area contributed by atoms with E-state index in [1.54, 1.807) is 0 Å². The Kier molecular flexibility index (Phi) is 6.43. The van der Waals surface area contributed by atoms with Gasteiger partial charge in [0.2, 0.25) is 0 Å². The minimum absolute atomic E-state index is 0.127. The summed E-state index contributed by atoms with van der Waals surface area (Å²) in [5.41, 5.74) is -0.430. The second-order valence-corrected chi connectivity index (χ2v) is 4.85. The van der Waals surface area contributed by atoms with Gasteiger partial charge < -0.3 is 10.1 Å². The monoisotopic (exact) mass is 314 g/mol. The van der Waals surface area contributed by atoms with Crippen LogP contribution in [-0.4, -0.2) is 24.3 Å². The summed E-state index contributed by atoms with van der Waals surface area (Å²) >= 11 is 2.06. The van der Waals surface area contributed by atoms with Gasteiger partial charge in [0.05, 0.1) is 0 Å². The van der Waals surface area contributed by atoms with E-state index in [-0.39, 0.29) is 12.1 Å². The molecule has 84 valence electrons. The van der Waals surface area contributed by atoms with E-state index in [0.717, 1.165) is 13.0 Å². The molecule has 4 nitrogen and oxygen atoms in total. The highest BCUT2D eigenvalue weighted by Gasteiger charge is 2.18. The minimum atomic E-state index is -0.430. The molecule has 0 aliphatic rings. The lowest BCUT2D eigenvalue weighted by Gasteiger charge is -2.22. The first-order chi connectivity index (χ1) is 6.39. The summed E-state index contributed by atoms with van der Waals surface area (Å²) in [6.45, 7) is 8.32. The molecular formula is C9H19IN2O2. The fraction of sp³-hybridized carbons (Fsp3) is 0.889. The Labute approximate surface area is 99.7 Å². The van der Waals surface area contributed by atoms with Gasteiger partial charge >= 0.3 is 6.09 Å². The number of rotatable bonds is 4. The van der Waals surface area contributed by atoms with Gasteiger partial charge in [-0.1, -0.05) is 6.92 Å². The Morgan fingerprint density at radius 1 is 1.50 bits per heavy atom. The topological polar surface area (TPSA) is 50.4 Å². The molecule has 0 rings (SSSR count). The Bertz CT molecular complexity index is 180. The molecule has 0 aromatic carbocycles. The lowest BCUT2D eigenvalue weighted by Crippen LogP contribution is -2.42.